The van der Waals surface area contributed by atoms with E-state index in [1.54, 1.807) is 0 Å². The zero-order valence-corrected chi connectivity index (χ0v) is 10.5. The second-order valence-corrected chi connectivity index (χ2v) is 5.09. The highest BCUT2D eigenvalue weighted by atomic mass is 16.6. The van der Waals surface area contributed by atoms with Crippen LogP contribution in [0.2, 0.25) is 0 Å². The minimum absolute atomic E-state index is 0.0255. The fourth-order valence-electron chi connectivity index (χ4n) is 2.43. The maximum atomic E-state index is 10.5. The topological polar surface area (TPSA) is 76.1 Å². The fraction of sp³-hybridized carbons (Fsp3) is 0.846. The number of rotatable bonds is 1. The van der Waals surface area contributed by atoms with Crippen LogP contribution in [0.15, 0.2) is 0 Å². The number of cyclic esters (lactones) is 1. The zero-order valence-electron chi connectivity index (χ0n) is 10.5. The Labute approximate surface area is 106 Å². The minimum Gasteiger partial charge on any atom is -0.481 e. The van der Waals surface area contributed by atoms with Gasteiger partial charge in [-0.25, -0.2) is 0 Å². The third kappa shape index (κ3) is 3.98. The van der Waals surface area contributed by atoms with Crippen LogP contribution >= 0.6 is 0 Å². The molecule has 3 atom stereocenters. The minimum atomic E-state index is -0.658. The Morgan fingerprint density at radius 3 is 2.72 bits per heavy atom. The SMILES string of the molecule is O=C(O)C1CCC2OC2C1.O=C1CCCCCO1. The molecule has 0 bridgehead atoms. The van der Waals surface area contributed by atoms with E-state index in [9.17, 15) is 9.59 Å². The van der Waals surface area contributed by atoms with Crippen molar-refractivity contribution in [3.05, 3.63) is 0 Å². The van der Waals surface area contributed by atoms with E-state index in [0.717, 1.165) is 38.5 Å². The molecule has 1 N–H and O–H groups in total. The molecule has 102 valence electrons. The molecular formula is C13H20O5. The first-order chi connectivity index (χ1) is 8.66. The van der Waals surface area contributed by atoms with Crippen molar-refractivity contribution in [3.63, 3.8) is 0 Å². The van der Waals surface area contributed by atoms with E-state index in [-0.39, 0.29) is 18.0 Å². The van der Waals surface area contributed by atoms with Gasteiger partial charge in [-0.05, 0) is 38.5 Å². The summed E-state index contributed by atoms with van der Waals surface area (Å²) in [6, 6.07) is 0. The number of esters is 1. The molecule has 0 radical (unpaired) electrons. The van der Waals surface area contributed by atoms with Crippen molar-refractivity contribution in [2.75, 3.05) is 6.61 Å². The van der Waals surface area contributed by atoms with Gasteiger partial charge >= 0.3 is 11.9 Å². The normalized spacial score (nSPS) is 34.2. The highest BCUT2D eigenvalue weighted by molar-refractivity contribution is 5.70. The summed E-state index contributed by atoms with van der Waals surface area (Å²) in [5.41, 5.74) is 0. The molecule has 2 heterocycles. The van der Waals surface area contributed by atoms with Gasteiger partial charge in [-0.1, -0.05) is 0 Å². The van der Waals surface area contributed by atoms with Crippen molar-refractivity contribution in [1.29, 1.82) is 0 Å². The Morgan fingerprint density at radius 2 is 2.00 bits per heavy atom. The van der Waals surface area contributed by atoms with E-state index in [1.807, 2.05) is 0 Å². The van der Waals surface area contributed by atoms with Gasteiger partial charge in [0.2, 0.25) is 0 Å². The van der Waals surface area contributed by atoms with Crippen molar-refractivity contribution < 1.29 is 24.2 Å². The summed E-state index contributed by atoms with van der Waals surface area (Å²) < 4.78 is 9.96. The average molecular weight is 256 g/mol. The van der Waals surface area contributed by atoms with Crippen LogP contribution in [0.3, 0.4) is 0 Å². The van der Waals surface area contributed by atoms with Crippen LogP contribution in [0.1, 0.15) is 44.9 Å². The van der Waals surface area contributed by atoms with Gasteiger partial charge in [0.15, 0.2) is 0 Å². The molecule has 0 aromatic rings. The number of hydrogen-bond donors (Lipinski definition) is 1. The second kappa shape index (κ2) is 6.18. The van der Waals surface area contributed by atoms with Gasteiger partial charge in [0.25, 0.3) is 0 Å². The molecule has 3 rings (SSSR count). The largest absolute Gasteiger partial charge is 0.481 e. The number of carboxylic acids is 1. The second-order valence-electron chi connectivity index (χ2n) is 5.09. The molecule has 3 aliphatic rings. The van der Waals surface area contributed by atoms with Gasteiger partial charge < -0.3 is 14.6 Å². The van der Waals surface area contributed by atoms with Crippen LogP contribution in [0.25, 0.3) is 0 Å². The molecule has 5 heteroatoms. The van der Waals surface area contributed by atoms with Gasteiger partial charge in [0, 0.05) is 6.42 Å². The lowest BCUT2D eigenvalue weighted by atomic mass is 9.90. The summed E-state index contributed by atoms with van der Waals surface area (Å²) in [5, 5.41) is 8.62. The van der Waals surface area contributed by atoms with E-state index in [1.165, 1.54) is 0 Å². The van der Waals surface area contributed by atoms with Crippen LogP contribution < -0.4 is 0 Å². The fourth-order valence-corrected chi connectivity index (χ4v) is 2.43. The lowest BCUT2D eigenvalue weighted by molar-refractivity contribution is -0.143. The van der Waals surface area contributed by atoms with E-state index < -0.39 is 5.97 Å². The molecule has 2 aliphatic heterocycles. The molecular weight excluding hydrogens is 236 g/mol. The van der Waals surface area contributed by atoms with Crippen molar-refractivity contribution >= 4 is 11.9 Å². The Balaban J connectivity index is 0.000000138. The molecule has 2 saturated heterocycles. The van der Waals surface area contributed by atoms with Crippen LogP contribution in [0.5, 0.6) is 0 Å². The monoisotopic (exact) mass is 256 g/mol. The quantitative estimate of drug-likeness (QED) is 0.571. The number of carbonyl (C=O) groups excluding carboxylic acids is 1. The molecule has 3 fully saturated rings. The first-order valence-corrected chi connectivity index (χ1v) is 6.70. The number of ether oxygens (including phenoxy) is 2. The number of carboxylic acid groups (broad SMARTS) is 1. The third-order valence-corrected chi connectivity index (χ3v) is 3.64. The Morgan fingerprint density at radius 1 is 1.17 bits per heavy atom. The third-order valence-electron chi connectivity index (χ3n) is 3.64. The lowest BCUT2D eigenvalue weighted by Crippen LogP contribution is -2.21. The molecule has 0 amide bonds. The molecule has 0 aromatic carbocycles. The van der Waals surface area contributed by atoms with E-state index in [2.05, 4.69) is 0 Å². The van der Waals surface area contributed by atoms with Gasteiger partial charge in [-0.3, -0.25) is 9.59 Å². The van der Waals surface area contributed by atoms with E-state index in [0.29, 0.717) is 19.1 Å². The van der Waals surface area contributed by atoms with Crippen molar-refractivity contribution in [1.82, 2.24) is 0 Å². The Bertz CT molecular complexity index is 305. The number of epoxide rings is 1. The maximum Gasteiger partial charge on any atom is 0.306 e. The molecule has 1 aliphatic carbocycles. The van der Waals surface area contributed by atoms with Gasteiger partial charge in [-0.15, -0.1) is 0 Å². The van der Waals surface area contributed by atoms with Crippen LogP contribution in [-0.2, 0) is 19.1 Å². The van der Waals surface area contributed by atoms with Gasteiger partial charge in [-0.2, -0.15) is 0 Å². The molecule has 0 spiro atoms. The van der Waals surface area contributed by atoms with Gasteiger partial charge in [0.05, 0.1) is 24.7 Å². The highest BCUT2D eigenvalue weighted by Crippen LogP contribution is 2.39. The number of hydrogen-bond acceptors (Lipinski definition) is 4. The highest BCUT2D eigenvalue weighted by Gasteiger charge is 2.45. The molecule has 1 saturated carbocycles. The van der Waals surface area contributed by atoms with Crippen molar-refractivity contribution in [3.8, 4) is 0 Å². The predicted molar refractivity (Wildman–Crippen MR) is 63.1 cm³/mol. The summed E-state index contributed by atoms with van der Waals surface area (Å²) >= 11 is 0. The van der Waals surface area contributed by atoms with Crippen molar-refractivity contribution in [2.24, 2.45) is 5.92 Å². The summed E-state index contributed by atoms with van der Waals surface area (Å²) in [7, 11) is 0. The van der Waals surface area contributed by atoms with Crippen LogP contribution in [0, 0.1) is 5.92 Å². The Kier molecular flexibility index (Phi) is 4.58. The van der Waals surface area contributed by atoms with E-state index >= 15 is 0 Å². The molecule has 3 unspecified atom stereocenters. The number of carbonyl (C=O) groups is 2. The number of fused-ring (bicyclic) bond motifs is 1. The Hall–Kier alpha value is -1.10. The molecule has 5 nitrogen and oxygen atoms in total. The average Bonchev–Trinajstić information content (AvgIpc) is 3.12. The van der Waals surface area contributed by atoms with Crippen molar-refractivity contribution in [2.45, 2.75) is 57.2 Å². The summed E-state index contributed by atoms with van der Waals surface area (Å²) in [6.45, 7) is 0.638. The summed E-state index contributed by atoms with van der Waals surface area (Å²) in [4.78, 5) is 20.9. The first kappa shape index (κ1) is 13.3. The van der Waals surface area contributed by atoms with Crippen LogP contribution in [0.4, 0.5) is 0 Å². The number of aliphatic carboxylic acids is 1. The zero-order chi connectivity index (χ0) is 13.0. The smallest absolute Gasteiger partial charge is 0.306 e. The van der Waals surface area contributed by atoms with E-state index in [4.69, 9.17) is 14.6 Å². The molecule has 0 aromatic heterocycles. The standard InChI is InChI=1S/C7H10O3.C6H10O2/c8-7(9)4-1-2-5-6(3-4)10-5;7-6-4-2-1-3-5-8-6/h4-6H,1-3H2,(H,8,9);1-5H2. The van der Waals surface area contributed by atoms with Gasteiger partial charge in [0.1, 0.15) is 0 Å². The maximum absolute atomic E-state index is 10.5. The molecule has 18 heavy (non-hydrogen) atoms. The lowest BCUT2D eigenvalue weighted by Gasteiger charge is -2.12. The summed E-state index contributed by atoms with van der Waals surface area (Å²) in [5.74, 6) is -0.819. The van der Waals surface area contributed by atoms with Crippen LogP contribution in [-0.4, -0.2) is 35.9 Å². The predicted octanol–water partition coefficient (Wildman–Crippen LogP) is 1.74. The summed E-state index contributed by atoms with van der Waals surface area (Å²) in [6.07, 6.45) is 7.01. The first-order valence-electron chi connectivity index (χ1n) is 6.70.